The standard InChI is InChI=1S/C15H13N3O3/c1-18-12-5-2-8(6-13(12)21-15(18)20)14(19)10-4-3-9(16)7-11(10)17/h2-7H,16-17H2,1H3. The number of benzene rings is 2. The Bertz CT molecular complexity index is 922. The molecule has 3 rings (SSSR count). The van der Waals surface area contributed by atoms with E-state index in [9.17, 15) is 9.59 Å². The highest BCUT2D eigenvalue weighted by molar-refractivity contribution is 6.13. The Morgan fingerprint density at radius 1 is 1.14 bits per heavy atom. The zero-order chi connectivity index (χ0) is 15.1. The molecule has 0 unspecified atom stereocenters. The van der Waals surface area contributed by atoms with Crippen molar-refractivity contribution in [2.24, 2.45) is 7.05 Å². The predicted octanol–water partition coefficient (Wildman–Crippen LogP) is 1.53. The van der Waals surface area contributed by atoms with Gasteiger partial charge in [-0.1, -0.05) is 0 Å². The van der Waals surface area contributed by atoms with Crippen LogP contribution in [0.25, 0.3) is 11.1 Å². The lowest BCUT2D eigenvalue weighted by molar-refractivity contribution is 0.103. The van der Waals surface area contributed by atoms with Crippen LogP contribution in [0.3, 0.4) is 0 Å². The molecule has 0 aliphatic heterocycles. The van der Waals surface area contributed by atoms with Crippen LogP contribution >= 0.6 is 0 Å². The van der Waals surface area contributed by atoms with Gasteiger partial charge < -0.3 is 15.9 Å². The van der Waals surface area contributed by atoms with Crippen LogP contribution in [0.1, 0.15) is 15.9 Å². The molecule has 3 aromatic rings. The molecule has 2 aromatic carbocycles. The number of aryl methyl sites for hydroxylation is 1. The molecule has 1 aromatic heterocycles. The number of carbonyl (C=O) groups is 1. The average Bonchev–Trinajstić information content (AvgIpc) is 2.73. The summed E-state index contributed by atoms with van der Waals surface area (Å²) in [5, 5.41) is 0. The Balaban J connectivity index is 2.11. The van der Waals surface area contributed by atoms with E-state index in [1.54, 1.807) is 31.3 Å². The molecule has 0 atom stereocenters. The van der Waals surface area contributed by atoms with Crippen LogP contribution in [0, 0.1) is 0 Å². The van der Waals surface area contributed by atoms with Gasteiger partial charge >= 0.3 is 5.76 Å². The number of fused-ring (bicyclic) bond motifs is 1. The largest absolute Gasteiger partial charge is 0.419 e. The van der Waals surface area contributed by atoms with Gasteiger partial charge in [-0.25, -0.2) is 4.79 Å². The molecule has 0 saturated heterocycles. The summed E-state index contributed by atoms with van der Waals surface area (Å²) in [5.41, 5.74) is 14.0. The van der Waals surface area contributed by atoms with E-state index in [0.29, 0.717) is 33.6 Å². The van der Waals surface area contributed by atoms with Crippen LogP contribution in [0.2, 0.25) is 0 Å². The third-order valence-corrected chi connectivity index (χ3v) is 3.37. The summed E-state index contributed by atoms with van der Waals surface area (Å²) in [5.74, 6) is -0.720. The van der Waals surface area contributed by atoms with Gasteiger partial charge in [0.15, 0.2) is 11.4 Å². The highest BCUT2D eigenvalue weighted by atomic mass is 16.4. The Kier molecular flexibility index (Phi) is 2.79. The number of carbonyl (C=O) groups excluding carboxylic acids is 1. The lowest BCUT2D eigenvalue weighted by atomic mass is 10.0. The van der Waals surface area contributed by atoms with Crippen molar-refractivity contribution in [2.45, 2.75) is 0 Å². The van der Waals surface area contributed by atoms with Crippen molar-refractivity contribution in [1.82, 2.24) is 4.57 Å². The number of hydrogen-bond donors (Lipinski definition) is 2. The molecular weight excluding hydrogens is 270 g/mol. The lowest BCUT2D eigenvalue weighted by Crippen LogP contribution is -2.08. The Labute approximate surface area is 119 Å². The zero-order valence-electron chi connectivity index (χ0n) is 11.3. The topological polar surface area (TPSA) is 104 Å². The second-order valence-electron chi connectivity index (χ2n) is 4.79. The first-order valence-electron chi connectivity index (χ1n) is 6.26. The first-order valence-corrected chi connectivity index (χ1v) is 6.26. The van der Waals surface area contributed by atoms with Crippen molar-refractivity contribution in [3.8, 4) is 0 Å². The minimum absolute atomic E-state index is 0.249. The highest BCUT2D eigenvalue weighted by Gasteiger charge is 2.15. The molecule has 0 fully saturated rings. The van der Waals surface area contributed by atoms with Crippen molar-refractivity contribution in [1.29, 1.82) is 0 Å². The summed E-state index contributed by atoms with van der Waals surface area (Å²) in [7, 11) is 1.60. The summed E-state index contributed by atoms with van der Waals surface area (Å²) in [6.07, 6.45) is 0. The Hall–Kier alpha value is -3.02. The van der Waals surface area contributed by atoms with Gasteiger partial charge in [0.25, 0.3) is 0 Å². The third kappa shape index (κ3) is 2.06. The van der Waals surface area contributed by atoms with Gasteiger partial charge in [-0.2, -0.15) is 0 Å². The molecule has 0 radical (unpaired) electrons. The number of nitrogens with two attached hydrogens (primary N) is 2. The van der Waals surface area contributed by atoms with E-state index in [1.165, 1.54) is 16.7 Å². The molecule has 6 nitrogen and oxygen atoms in total. The molecule has 0 bridgehead atoms. The summed E-state index contributed by atoms with van der Waals surface area (Å²) in [6, 6.07) is 9.57. The van der Waals surface area contributed by atoms with E-state index in [1.807, 2.05) is 0 Å². The molecule has 0 saturated carbocycles. The monoisotopic (exact) mass is 283 g/mol. The number of rotatable bonds is 2. The number of ketones is 1. The number of hydrogen-bond acceptors (Lipinski definition) is 5. The molecular formula is C15H13N3O3. The van der Waals surface area contributed by atoms with E-state index >= 15 is 0 Å². The van der Waals surface area contributed by atoms with Crippen LogP contribution in [-0.2, 0) is 7.05 Å². The third-order valence-electron chi connectivity index (χ3n) is 3.37. The van der Waals surface area contributed by atoms with Gasteiger partial charge in [-0.05, 0) is 36.4 Å². The number of nitrogen functional groups attached to an aromatic ring is 2. The first-order chi connectivity index (χ1) is 9.97. The predicted molar refractivity (Wildman–Crippen MR) is 80.2 cm³/mol. The molecule has 0 amide bonds. The first kappa shape index (κ1) is 13.0. The van der Waals surface area contributed by atoms with Crippen molar-refractivity contribution in [2.75, 3.05) is 11.5 Å². The fourth-order valence-electron chi connectivity index (χ4n) is 2.22. The van der Waals surface area contributed by atoms with E-state index in [4.69, 9.17) is 15.9 Å². The SMILES string of the molecule is Cn1c(=O)oc2cc(C(=O)c3ccc(N)cc3N)ccc21. The smallest absolute Gasteiger partial charge is 0.408 e. The molecule has 106 valence electrons. The zero-order valence-corrected chi connectivity index (χ0v) is 11.3. The maximum atomic E-state index is 12.5. The highest BCUT2D eigenvalue weighted by Crippen LogP contribution is 2.22. The lowest BCUT2D eigenvalue weighted by Gasteiger charge is -2.06. The number of aromatic nitrogens is 1. The summed E-state index contributed by atoms with van der Waals surface area (Å²) < 4.78 is 6.45. The van der Waals surface area contributed by atoms with E-state index in [2.05, 4.69) is 0 Å². The van der Waals surface area contributed by atoms with Crippen molar-refractivity contribution < 1.29 is 9.21 Å². The van der Waals surface area contributed by atoms with Crippen LogP contribution in [0.5, 0.6) is 0 Å². The fourth-order valence-corrected chi connectivity index (χ4v) is 2.22. The molecule has 1 heterocycles. The Morgan fingerprint density at radius 3 is 2.62 bits per heavy atom. The molecule has 0 spiro atoms. The van der Waals surface area contributed by atoms with Crippen LogP contribution in [-0.4, -0.2) is 10.4 Å². The number of anilines is 2. The van der Waals surface area contributed by atoms with Gasteiger partial charge in [0, 0.05) is 29.5 Å². The molecule has 4 N–H and O–H groups in total. The van der Waals surface area contributed by atoms with Gasteiger partial charge in [0.2, 0.25) is 0 Å². The van der Waals surface area contributed by atoms with Gasteiger partial charge in [-0.3, -0.25) is 9.36 Å². The van der Waals surface area contributed by atoms with Crippen LogP contribution < -0.4 is 17.2 Å². The second-order valence-corrected chi connectivity index (χ2v) is 4.79. The van der Waals surface area contributed by atoms with E-state index < -0.39 is 5.76 Å². The maximum Gasteiger partial charge on any atom is 0.419 e. The van der Waals surface area contributed by atoms with E-state index in [-0.39, 0.29) is 5.78 Å². The number of oxazole rings is 1. The molecule has 21 heavy (non-hydrogen) atoms. The summed E-state index contributed by atoms with van der Waals surface area (Å²) in [6.45, 7) is 0. The molecule has 6 heteroatoms. The Morgan fingerprint density at radius 2 is 1.90 bits per heavy atom. The molecule has 0 aliphatic rings. The summed E-state index contributed by atoms with van der Waals surface area (Å²) in [4.78, 5) is 23.9. The quantitative estimate of drug-likeness (QED) is 0.548. The molecule has 0 aliphatic carbocycles. The van der Waals surface area contributed by atoms with Crippen LogP contribution in [0.15, 0.2) is 45.6 Å². The van der Waals surface area contributed by atoms with Gasteiger partial charge in [-0.15, -0.1) is 0 Å². The van der Waals surface area contributed by atoms with Gasteiger partial charge in [0.05, 0.1) is 5.52 Å². The van der Waals surface area contributed by atoms with Crippen molar-refractivity contribution >= 4 is 28.3 Å². The maximum absolute atomic E-state index is 12.5. The van der Waals surface area contributed by atoms with E-state index in [0.717, 1.165) is 0 Å². The summed E-state index contributed by atoms with van der Waals surface area (Å²) >= 11 is 0. The van der Waals surface area contributed by atoms with Crippen molar-refractivity contribution in [3.63, 3.8) is 0 Å². The van der Waals surface area contributed by atoms with Gasteiger partial charge in [0.1, 0.15) is 0 Å². The average molecular weight is 283 g/mol. The second kappa shape index (κ2) is 4.52. The van der Waals surface area contributed by atoms with Crippen LogP contribution in [0.4, 0.5) is 11.4 Å². The number of nitrogens with zero attached hydrogens (tertiary/aromatic N) is 1. The normalized spacial score (nSPS) is 10.9. The minimum atomic E-state index is -0.471. The van der Waals surface area contributed by atoms with Crippen molar-refractivity contribution in [3.05, 3.63) is 58.1 Å². The minimum Gasteiger partial charge on any atom is -0.408 e. The fraction of sp³-hybridized carbons (Fsp3) is 0.0667.